The van der Waals surface area contributed by atoms with E-state index in [9.17, 15) is 9.59 Å². The maximum absolute atomic E-state index is 13.2. The molecule has 0 radical (unpaired) electrons. The van der Waals surface area contributed by atoms with Gasteiger partial charge in [-0.25, -0.2) is 4.79 Å². The Morgan fingerprint density at radius 3 is 2.13 bits per heavy atom. The molecule has 0 aliphatic carbocycles. The normalized spacial score (nSPS) is 18.1. The van der Waals surface area contributed by atoms with Crippen LogP contribution in [0.5, 0.6) is 17.2 Å². The summed E-state index contributed by atoms with van der Waals surface area (Å²) < 4.78 is 21.9. The summed E-state index contributed by atoms with van der Waals surface area (Å²) in [5, 5.41) is 0. The maximum atomic E-state index is 13.2. The molecule has 1 amide bonds. The Labute approximate surface area is 182 Å². The second-order valence-corrected chi connectivity index (χ2v) is 8.38. The monoisotopic (exact) mass is 427 g/mol. The van der Waals surface area contributed by atoms with Gasteiger partial charge in [0.05, 0.1) is 33.4 Å². The van der Waals surface area contributed by atoms with E-state index in [2.05, 4.69) is 0 Å². The van der Waals surface area contributed by atoms with Gasteiger partial charge in [-0.05, 0) is 61.7 Å². The number of carbonyl (C=O) groups excluding carboxylic acids is 2. The Bertz CT molecular complexity index is 948. The molecule has 7 heteroatoms. The molecule has 2 aromatic carbocycles. The molecule has 0 saturated carbocycles. The molecular formula is C24H29NO6. The number of hydrogen-bond donors (Lipinski definition) is 0. The molecule has 1 heterocycles. The zero-order valence-corrected chi connectivity index (χ0v) is 18.8. The Balaban J connectivity index is 2.20. The average Bonchev–Trinajstić information content (AvgIpc) is 2.75. The van der Waals surface area contributed by atoms with Crippen molar-refractivity contribution in [2.45, 2.75) is 44.9 Å². The molecule has 0 unspecified atom stereocenters. The van der Waals surface area contributed by atoms with Gasteiger partial charge in [0.15, 0.2) is 11.5 Å². The second kappa shape index (κ2) is 8.88. The van der Waals surface area contributed by atoms with E-state index in [1.165, 1.54) is 4.90 Å². The largest absolute Gasteiger partial charge is 0.497 e. The van der Waals surface area contributed by atoms with Crippen LogP contribution in [0.25, 0.3) is 0 Å². The fraction of sp³-hybridized carbons (Fsp3) is 0.417. The van der Waals surface area contributed by atoms with Gasteiger partial charge in [-0.1, -0.05) is 12.1 Å². The fourth-order valence-corrected chi connectivity index (χ4v) is 3.83. The van der Waals surface area contributed by atoms with E-state index in [-0.39, 0.29) is 0 Å². The van der Waals surface area contributed by atoms with Crippen LogP contribution in [0.4, 0.5) is 4.79 Å². The highest BCUT2D eigenvalue weighted by Crippen LogP contribution is 2.43. The molecule has 1 aliphatic rings. The first-order valence-electron chi connectivity index (χ1n) is 10.1. The van der Waals surface area contributed by atoms with Crippen LogP contribution in [-0.2, 0) is 16.0 Å². The molecule has 7 nitrogen and oxygen atoms in total. The van der Waals surface area contributed by atoms with E-state index < -0.39 is 23.8 Å². The molecule has 0 fully saturated rings. The SMILES string of the molecule is COc1ccc([C@H]2c3cc(OC)c(OC)cc3C[C@@H](C=O)N2C(=O)OC(C)(C)C)cc1. The highest BCUT2D eigenvalue weighted by atomic mass is 16.6. The van der Waals surface area contributed by atoms with Gasteiger partial charge in [0.2, 0.25) is 0 Å². The number of nitrogens with zero attached hydrogens (tertiary/aromatic N) is 1. The molecule has 1 aliphatic heterocycles. The molecule has 0 N–H and O–H groups in total. The lowest BCUT2D eigenvalue weighted by molar-refractivity contribution is -0.113. The summed E-state index contributed by atoms with van der Waals surface area (Å²) in [6.07, 6.45) is 0.594. The zero-order valence-electron chi connectivity index (χ0n) is 18.8. The van der Waals surface area contributed by atoms with Crippen molar-refractivity contribution in [1.82, 2.24) is 4.90 Å². The van der Waals surface area contributed by atoms with Crippen molar-refractivity contribution in [1.29, 1.82) is 0 Å². The third-order valence-electron chi connectivity index (χ3n) is 5.20. The van der Waals surface area contributed by atoms with Crippen LogP contribution in [0.3, 0.4) is 0 Å². The van der Waals surface area contributed by atoms with Crippen molar-refractivity contribution in [3.63, 3.8) is 0 Å². The quantitative estimate of drug-likeness (QED) is 0.667. The van der Waals surface area contributed by atoms with Crippen molar-refractivity contribution in [3.8, 4) is 17.2 Å². The van der Waals surface area contributed by atoms with E-state index in [1.54, 1.807) is 42.1 Å². The van der Waals surface area contributed by atoms with Gasteiger partial charge in [-0.3, -0.25) is 4.90 Å². The van der Waals surface area contributed by atoms with E-state index in [0.29, 0.717) is 23.7 Å². The predicted octanol–water partition coefficient (Wildman–Crippen LogP) is 4.16. The van der Waals surface area contributed by atoms with Gasteiger partial charge >= 0.3 is 6.09 Å². The third kappa shape index (κ3) is 4.60. The van der Waals surface area contributed by atoms with Gasteiger partial charge in [0.25, 0.3) is 0 Å². The minimum absolute atomic E-state index is 0.352. The fourth-order valence-electron chi connectivity index (χ4n) is 3.83. The van der Waals surface area contributed by atoms with E-state index in [1.807, 2.05) is 36.4 Å². The Morgan fingerprint density at radius 1 is 1.00 bits per heavy atom. The molecule has 0 bridgehead atoms. The first-order valence-corrected chi connectivity index (χ1v) is 10.1. The van der Waals surface area contributed by atoms with Crippen LogP contribution in [0.2, 0.25) is 0 Å². The van der Waals surface area contributed by atoms with Gasteiger partial charge in [0, 0.05) is 6.42 Å². The number of benzene rings is 2. The predicted molar refractivity (Wildman–Crippen MR) is 116 cm³/mol. The lowest BCUT2D eigenvalue weighted by Crippen LogP contribution is -2.50. The van der Waals surface area contributed by atoms with Crippen molar-refractivity contribution in [2.75, 3.05) is 21.3 Å². The van der Waals surface area contributed by atoms with Gasteiger partial charge in [-0.15, -0.1) is 0 Å². The first-order chi connectivity index (χ1) is 14.7. The van der Waals surface area contributed by atoms with Crippen LogP contribution < -0.4 is 14.2 Å². The molecule has 0 saturated heterocycles. The van der Waals surface area contributed by atoms with Gasteiger partial charge in [0.1, 0.15) is 17.6 Å². The van der Waals surface area contributed by atoms with E-state index in [4.69, 9.17) is 18.9 Å². The number of amides is 1. The van der Waals surface area contributed by atoms with Crippen molar-refractivity contribution >= 4 is 12.4 Å². The molecule has 3 rings (SSSR count). The number of carbonyl (C=O) groups is 2. The molecule has 166 valence electrons. The zero-order chi connectivity index (χ0) is 22.8. The summed E-state index contributed by atoms with van der Waals surface area (Å²) in [4.78, 5) is 26.8. The molecule has 0 aromatic heterocycles. The van der Waals surface area contributed by atoms with Crippen molar-refractivity contribution in [3.05, 3.63) is 53.1 Å². The molecule has 2 aromatic rings. The molecule has 0 spiro atoms. The molecule has 31 heavy (non-hydrogen) atoms. The Kier molecular flexibility index (Phi) is 6.43. The summed E-state index contributed by atoms with van der Waals surface area (Å²) >= 11 is 0. The smallest absolute Gasteiger partial charge is 0.411 e. The van der Waals surface area contributed by atoms with Crippen LogP contribution in [-0.4, -0.2) is 50.3 Å². The minimum atomic E-state index is -0.702. The number of aldehydes is 1. The summed E-state index contributed by atoms with van der Waals surface area (Å²) in [6, 6.07) is 9.92. The number of methoxy groups -OCH3 is 3. The summed E-state index contributed by atoms with van der Waals surface area (Å²) in [6.45, 7) is 5.40. The summed E-state index contributed by atoms with van der Waals surface area (Å²) in [7, 11) is 4.73. The molecule has 2 atom stereocenters. The maximum Gasteiger partial charge on any atom is 0.411 e. The number of fused-ring (bicyclic) bond motifs is 1. The standard InChI is InChI=1S/C24H29NO6/c1-24(2,3)31-23(27)25-17(14-26)11-16-12-20(29-5)21(30-6)13-19(16)22(25)15-7-9-18(28-4)10-8-15/h7-10,12-14,17,22H,11H2,1-6H3/t17-,22-/m0/s1. The Hall–Kier alpha value is -3.22. The highest BCUT2D eigenvalue weighted by molar-refractivity contribution is 5.77. The van der Waals surface area contributed by atoms with Crippen LogP contribution in [0, 0.1) is 0 Å². The van der Waals surface area contributed by atoms with E-state index >= 15 is 0 Å². The number of rotatable bonds is 5. The van der Waals surface area contributed by atoms with Crippen molar-refractivity contribution in [2.24, 2.45) is 0 Å². The topological polar surface area (TPSA) is 74.3 Å². The average molecular weight is 427 g/mol. The highest BCUT2D eigenvalue weighted by Gasteiger charge is 2.41. The summed E-state index contributed by atoms with van der Waals surface area (Å²) in [5.41, 5.74) is 1.89. The molecular weight excluding hydrogens is 398 g/mol. The van der Waals surface area contributed by atoms with E-state index in [0.717, 1.165) is 23.0 Å². The van der Waals surface area contributed by atoms with Crippen molar-refractivity contribution < 1.29 is 28.5 Å². The minimum Gasteiger partial charge on any atom is -0.497 e. The Morgan fingerprint density at radius 2 is 1.61 bits per heavy atom. The van der Waals surface area contributed by atoms with Crippen LogP contribution in [0.1, 0.15) is 43.5 Å². The number of hydrogen-bond acceptors (Lipinski definition) is 6. The summed E-state index contributed by atoms with van der Waals surface area (Å²) in [5.74, 6) is 1.82. The van der Waals surface area contributed by atoms with Crippen LogP contribution in [0.15, 0.2) is 36.4 Å². The number of ether oxygens (including phenoxy) is 4. The third-order valence-corrected chi connectivity index (χ3v) is 5.20. The van der Waals surface area contributed by atoms with Gasteiger partial charge < -0.3 is 23.7 Å². The lowest BCUT2D eigenvalue weighted by Gasteiger charge is -2.42. The second-order valence-electron chi connectivity index (χ2n) is 8.38. The van der Waals surface area contributed by atoms with Crippen LogP contribution >= 0.6 is 0 Å². The van der Waals surface area contributed by atoms with Gasteiger partial charge in [-0.2, -0.15) is 0 Å². The first kappa shape index (κ1) is 22.5. The lowest BCUT2D eigenvalue weighted by atomic mass is 9.84.